The van der Waals surface area contributed by atoms with E-state index in [1.54, 1.807) is 0 Å². The zero-order valence-electron chi connectivity index (χ0n) is 12.7. The number of anilines is 1. The van der Waals surface area contributed by atoms with Crippen LogP contribution in [-0.4, -0.2) is 21.4 Å². The van der Waals surface area contributed by atoms with E-state index in [-0.39, 0.29) is 16.9 Å². The lowest BCUT2D eigenvalue weighted by Crippen LogP contribution is -2.49. The summed E-state index contributed by atoms with van der Waals surface area (Å²) in [5.74, 6) is 1.73. The van der Waals surface area contributed by atoms with Gasteiger partial charge in [-0.1, -0.05) is 20.8 Å². The molecule has 0 aliphatic carbocycles. The van der Waals surface area contributed by atoms with Gasteiger partial charge in [-0.25, -0.2) is 9.97 Å². The summed E-state index contributed by atoms with van der Waals surface area (Å²) in [6, 6.07) is 0. The van der Waals surface area contributed by atoms with Crippen LogP contribution in [0.1, 0.15) is 59.4 Å². The minimum Gasteiger partial charge on any atom is -0.291 e. The van der Waals surface area contributed by atoms with Gasteiger partial charge in [-0.2, -0.15) is 0 Å². The summed E-state index contributed by atoms with van der Waals surface area (Å²) in [6.07, 6.45) is 3.17. The van der Waals surface area contributed by atoms with Crippen LogP contribution in [-0.2, 0) is 16.6 Å². The van der Waals surface area contributed by atoms with Crippen molar-refractivity contribution in [1.82, 2.24) is 9.97 Å². The predicted molar refractivity (Wildman–Crippen MR) is 76.3 cm³/mol. The Bertz CT molecular complexity index is 509. The second-order valence-corrected chi connectivity index (χ2v) is 7.19. The van der Waals surface area contributed by atoms with Crippen molar-refractivity contribution in [3.8, 4) is 0 Å². The molecule has 0 saturated carbocycles. The van der Waals surface area contributed by atoms with Crippen molar-refractivity contribution in [1.29, 1.82) is 0 Å². The first-order chi connectivity index (χ1) is 8.60. The van der Waals surface area contributed by atoms with E-state index >= 15 is 0 Å². The van der Waals surface area contributed by atoms with Crippen LogP contribution < -0.4 is 4.90 Å². The summed E-state index contributed by atoms with van der Waals surface area (Å²) in [5.41, 5.74) is 0.706. The van der Waals surface area contributed by atoms with E-state index < -0.39 is 0 Å². The molecular weight excluding hydrogens is 238 g/mol. The molecule has 1 aromatic rings. The van der Waals surface area contributed by atoms with Gasteiger partial charge in [-0.15, -0.1) is 0 Å². The third kappa shape index (κ3) is 2.62. The van der Waals surface area contributed by atoms with Crippen LogP contribution in [0.5, 0.6) is 0 Å². The Morgan fingerprint density at radius 2 is 1.74 bits per heavy atom. The number of hydrogen-bond donors (Lipinski definition) is 0. The molecule has 0 saturated heterocycles. The molecule has 0 radical (unpaired) electrons. The fourth-order valence-electron chi connectivity index (χ4n) is 2.29. The van der Waals surface area contributed by atoms with Crippen molar-refractivity contribution in [2.75, 3.05) is 4.90 Å². The fraction of sp³-hybridized carbons (Fsp3) is 0.667. The minimum atomic E-state index is -0.254. The second-order valence-electron chi connectivity index (χ2n) is 7.19. The molecule has 104 valence electrons. The highest BCUT2D eigenvalue weighted by atomic mass is 16.2. The molecule has 0 bridgehead atoms. The quantitative estimate of drug-likeness (QED) is 0.721. The van der Waals surface area contributed by atoms with Gasteiger partial charge in [0, 0.05) is 29.1 Å². The van der Waals surface area contributed by atoms with E-state index in [2.05, 4.69) is 30.7 Å². The smallest absolute Gasteiger partial charge is 0.228 e. The summed E-state index contributed by atoms with van der Waals surface area (Å²) in [5, 5.41) is 0. The number of aryl methyl sites for hydroxylation is 1. The molecule has 2 heterocycles. The van der Waals surface area contributed by atoms with Crippen LogP contribution in [0.2, 0.25) is 0 Å². The molecule has 19 heavy (non-hydrogen) atoms. The predicted octanol–water partition coefficient (Wildman–Crippen LogP) is 2.85. The van der Waals surface area contributed by atoms with Gasteiger partial charge in [0.25, 0.3) is 0 Å². The number of carbonyl (C=O) groups excluding carboxylic acids is 1. The highest BCUT2D eigenvalue weighted by molar-refractivity contribution is 5.96. The molecule has 4 nitrogen and oxygen atoms in total. The molecular formula is C15H23N3O. The summed E-state index contributed by atoms with van der Waals surface area (Å²) in [6.45, 7) is 12.4. The average Bonchev–Trinajstić information content (AvgIpc) is 2.24. The molecule has 0 fully saturated rings. The monoisotopic (exact) mass is 261 g/mol. The van der Waals surface area contributed by atoms with E-state index in [9.17, 15) is 4.79 Å². The first-order valence-corrected chi connectivity index (χ1v) is 6.80. The van der Waals surface area contributed by atoms with Crippen molar-refractivity contribution >= 4 is 11.7 Å². The van der Waals surface area contributed by atoms with Crippen molar-refractivity contribution < 1.29 is 4.79 Å². The van der Waals surface area contributed by atoms with Crippen LogP contribution in [0, 0.1) is 0 Å². The third-order valence-electron chi connectivity index (χ3n) is 3.25. The lowest BCUT2D eigenvalue weighted by molar-refractivity contribution is -0.119. The highest BCUT2D eigenvalue weighted by Gasteiger charge is 2.35. The molecule has 0 aromatic carbocycles. The fourth-order valence-corrected chi connectivity index (χ4v) is 2.29. The normalized spacial score (nSPS) is 16.5. The highest BCUT2D eigenvalue weighted by Crippen LogP contribution is 2.32. The molecule has 1 aliphatic rings. The zero-order valence-corrected chi connectivity index (χ0v) is 12.7. The Hall–Kier alpha value is -1.45. The Balaban J connectivity index is 2.57. The van der Waals surface area contributed by atoms with Crippen molar-refractivity contribution in [2.45, 2.75) is 65.3 Å². The summed E-state index contributed by atoms with van der Waals surface area (Å²) in [4.78, 5) is 23.2. The van der Waals surface area contributed by atoms with Crippen molar-refractivity contribution in [2.24, 2.45) is 0 Å². The van der Waals surface area contributed by atoms with Gasteiger partial charge in [0.15, 0.2) is 0 Å². The Morgan fingerprint density at radius 1 is 1.11 bits per heavy atom. The van der Waals surface area contributed by atoms with E-state index in [1.807, 2.05) is 31.9 Å². The van der Waals surface area contributed by atoms with Gasteiger partial charge in [0.2, 0.25) is 5.91 Å². The molecule has 0 N–H and O–H groups in total. The van der Waals surface area contributed by atoms with Crippen LogP contribution in [0.25, 0.3) is 0 Å². The van der Waals surface area contributed by atoms with E-state index in [0.717, 1.165) is 23.6 Å². The topological polar surface area (TPSA) is 46.1 Å². The van der Waals surface area contributed by atoms with Crippen molar-refractivity contribution in [3.05, 3.63) is 17.6 Å². The zero-order chi connectivity index (χ0) is 14.4. The van der Waals surface area contributed by atoms with Crippen LogP contribution >= 0.6 is 0 Å². The van der Waals surface area contributed by atoms with Gasteiger partial charge in [-0.3, -0.25) is 9.69 Å². The number of nitrogens with zero attached hydrogens (tertiary/aromatic N) is 3. The minimum absolute atomic E-state index is 0.112. The summed E-state index contributed by atoms with van der Waals surface area (Å²) in [7, 11) is 0. The van der Waals surface area contributed by atoms with Crippen molar-refractivity contribution in [3.63, 3.8) is 0 Å². The molecule has 4 heteroatoms. The molecule has 1 aliphatic heterocycles. The van der Waals surface area contributed by atoms with Gasteiger partial charge in [0.05, 0.1) is 0 Å². The number of rotatable bonds is 0. The first kappa shape index (κ1) is 14.0. The standard InChI is InChI=1S/C15H23N3O/c1-14(2,3)13-16-9-10-7-8-11(19)18(12(10)17-13)15(4,5)6/h9H,7-8H2,1-6H3. The molecule has 1 aromatic heterocycles. The van der Waals surface area contributed by atoms with Gasteiger partial charge in [-0.05, 0) is 27.2 Å². The maximum Gasteiger partial charge on any atom is 0.228 e. The number of amides is 1. The lowest BCUT2D eigenvalue weighted by Gasteiger charge is -2.39. The number of hydrogen-bond acceptors (Lipinski definition) is 3. The van der Waals surface area contributed by atoms with Gasteiger partial charge in [0.1, 0.15) is 11.6 Å². The van der Waals surface area contributed by atoms with Crippen LogP contribution in [0.4, 0.5) is 5.82 Å². The first-order valence-electron chi connectivity index (χ1n) is 6.80. The number of fused-ring (bicyclic) bond motifs is 1. The number of carbonyl (C=O) groups is 1. The molecule has 1 amide bonds. The lowest BCUT2D eigenvalue weighted by atomic mass is 9.94. The Labute approximate surface area is 115 Å². The second kappa shape index (κ2) is 4.29. The van der Waals surface area contributed by atoms with E-state index in [0.29, 0.717) is 6.42 Å². The summed E-state index contributed by atoms with van der Waals surface area (Å²) < 4.78 is 0. The van der Waals surface area contributed by atoms with E-state index in [4.69, 9.17) is 0 Å². The maximum atomic E-state index is 12.2. The molecule has 0 atom stereocenters. The van der Waals surface area contributed by atoms with Gasteiger partial charge >= 0.3 is 0 Å². The summed E-state index contributed by atoms with van der Waals surface area (Å²) >= 11 is 0. The Morgan fingerprint density at radius 3 is 2.26 bits per heavy atom. The third-order valence-corrected chi connectivity index (χ3v) is 3.25. The SMILES string of the molecule is CC(C)(C)c1ncc2c(n1)N(C(C)(C)C)C(=O)CC2. The Kier molecular flexibility index (Phi) is 3.15. The van der Waals surface area contributed by atoms with Crippen LogP contribution in [0.15, 0.2) is 6.20 Å². The van der Waals surface area contributed by atoms with Crippen LogP contribution in [0.3, 0.4) is 0 Å². The number of aromatic nitrogens is 2. The molecule has 0 spiro atoms. The molecule has 2 rings (SSSR count). The molecule has 0 unspecified atom stereocenters. The van der Waals surface area contributed by atoms with E-state index in [1.165, 1.54) is 0 Å². The average molecular weight is 261 g/mol. The maximum absolute atomic E-state index is 12.2. The largest absolute Gasteiger partial charge is 0.291 e. The van der Waals surface area contributed by atoms with Gasteiger partial charge < -0.3 is 0 Å².